The van der Waals surface area contributed by atoms with E-state index in [-0.39, 0.29) is 16.6 Å². The van der Waals surface area contributed by atoms with Gasteiger partial charge in [0.2, 0.25) is 4.77 Å². The zero-order valence-electron chi connectivity index (χ0n) is 18.1. The van der Waals surface area contributed by atoms with Gasteiger partial charge >= 0.3 is 13.8 Å². The summed E-state index contributed by atoms with van der Waals surface area (Å²) in [5.74, 6) is -1.65. The van der Waals surface area contributed by atoms with Crippen LogP contribution in [0.4, 0.5) is 13.2 Å². The molecule has 0 aromatic carbocycles. The Morgan fingerprint density at radius 3 is 2.53 bits per heavy atom. The number of rotatable bonds is 6. The van der Waals surface area contributed by atoms with Gasteiger partial charge in [-0.05, 0) is 33.0 Å². The first-order chi connectivity index (χ1) is 15.5. The van der Waals surface area contributed by atoms with Crippen LogP contribution >= 0.6 is 19.8 Å². The maximum atomic E-state index is 13.2. The second kappa shape index (κ2) is 9.39. The van der Waals surface area contributed by atoms with Crippen LogP contribution in [0.2, 0.25) is 0 Å². The third-order valence-corrected chi connectivity index (χ3v) is 7.33. The van der Waals surface area contributed by atoms with E-state index in [2.05, 4.69) is 9.97 Å². The van der Waals surface area contributed by atoms with Gasteiger partial charge in [-0.2, -0.15) is 13.2 Å². The van der Waals surface area contributed by atoms with Crippen molar-refractivity contribution in [1.29, 1.82) is 0 Å². The van der Waals surface area contributed by atoms with E-state index in [1.807, 2.05) is 0 Å². The number of aromatic nitrogens is 3. The second-order valence-electron chi connectivity index (χ2n) is 8.04. The highest BCUT2D eigenvalue weighted by Crippen LogP contribution is 2.48. The van der Waals surface area contributed by atoms with E-state index in [1.54, 1.807) is 0 Å². The van der Waals surface area contributed by atoms with E-state index < -0.39 is 72.6 Å². The molecule has 11 nitrogen and oxygen atoms in total. The number of halogens is 3. The van der Waals surface area contributed by atoms with Crippen molar-refractivity contribution in [3.05, 3.63) is 32.4 Å². The Morgan fingerprint density at radius 1 is 1.35 bits per heavy atom. The Balaban J connectivity index is 1.93. The molecule has 7 atom stereocenters. The summed E-state index contributed by atoms with van der Waals surface area (Å²) in [4.78, 5) is 28.1. The third-order valence-electron chi connectivity index (χ3n) is 5.42. The number of H-pyrrole nitrogens is 1. The molecule has 2 aromatic heterocycles. The number of hydrogen-bond acceptors (Lipinski definition) is 9. The van der Waals surface area contributed by atoms with Gasteiger partial charge in [0, 0.05) is 18.2 Å². The van der Waals surface area contributed by atoms with Crippen LogP contribution in [0.25, 0.3) is 11.0 Å². The number of nitrogens with one attached hydrogen (secondary N) is 1. The van der Waals surface area contributed by atoms with Crippen molar-refractivity contribution >= 4 is 30.8 Å². The molecular weight excluding hydrogens is 506 g/mol. The largest absolute Gasteiger partial charge is 0.431 e. The Kier molecular flexibility index (Phi) is 7.43. The minimum Gasteiger partial charge on any atom is -0.388 e. The van der Waals surface area contributed by atoms with Gasteiger partial charge in [-0.3, -0.25) is 13.9 Å². The monoisotopic (exact) mass is 529 g/mol. The number of aromatic amines is 1. The van der Waals surface area contributed by atoms with Gasteiger partial charge in [-0.1, -0.05) is 0 Å². The molecule has 5 N–H and O–H groups in total. The number of alkyl halides is 3. The molecule has 1 fully saturated rings. The van der Waals surface area contributed by atoms with Crippen molar-refractivity contribution in [3.63, 3.8) is 0 Å². The van der Waals surface area contributed by atoms with Crippen LogP contribution in [-0.2, 0) is 20.0 Å². The summed E-state index contributed by atoms with van der Waals surface area (Å²) in [5.41, 5.74) is -3.22. The standard InChI is InChI=1S/C18H23F3N3O8PS/c1-6(32-33(29,30)8(3)25)4-10-12(27)13(28)16(31-10)24-5-9-11(26)7(2)14(18(19,20)21)22-15(9)23-17(24)34/h5-6,8,10,12-13,16,25,27-28H,4H2,1-3H3,(H,29,30)(H,22,23,34)/t6?,8?,10-,12?,13?,16-/m1/s1. The first-order valence-corrected chi connectivity index (χ1v) is 12.0. The molecule has 0 amide bonds. The van der Waals surface area contributed by atoms with Gasteiger partial charge in [0.25, 0.3) is 0 Å². The van der Waals surface area contributed by atoms with E-state index in [1.165, 1.54) is 6.92 Å². The highest BCUT2D eigenvalue weighted by Gasteiger charge is 2.45. The number of ether oxygens (including phenoxy) is 1. The van der Waals surface area contributed by atoms with E-state index >= 15 is 0 Å². The van der Waals surface area contributed by atoms with Crippen molar-refractivity contribution < 1.29 is 47.2 Å². The lowest BCUT2D eigenvalue weighted by atomic mass is 10.1. The highest BCUT2D eigenvalue weighted by molar-refractivity contribution is 7.71. The number of hydrogen-bond donors (Lipinski definition) is 5. The maximum absolute atomic E-state index is 13.2. The molecule has 1 aliphatic rings. The van der Waals surface area contributed by atoms with E-state index in [4.69, 9.17) is 21.5 Å². The lowest BCUT2D eigenvalue weighted by Gasteiger charge is -2.23. The van der Waals surface area contributed by atoms with Gasteiger partial charge in [-0.15, -0.1) is 0 Å². The molecule has 1 saturated heterocycles. The van der Waals surface area contributed by atoms with Crippen LogP contribution in [0.3, 0.4) is 0 Å². The second-order valence-corrected chi connectivity index (χ2v) is 10.5. The first kappa shape index (κ1) is 26.9. The molecule has 190 valence electrons. The molecule has 0 saturated carbocycles. The molecule has 1 aliphatic heterocycles. The van der Waals surface area contributed by atoms with Gasteiger partial charge in [0.05, 0.1) is 17.6 Å². The summed E-state index contributed by atoms with van der Waals surface area (Å²) in [6, 6.07) is 0. The van der Waals surface area contributed by atoms with Crippen molar-refractivity contribution in [2.45, 2.75) is 69.9 Å². The van der Waals surface area contributed by atoms with Crippen LogP contribution < -0.4 is 5.43 Å². The normalized spacial score (nSPS) is 27.0. The smallest absolute Gasteiger partial charge is 0.388 e. The number of nitrogens with zero attached hydrogens (tertiary/aromatic N) is 2. The number of pyridine rings is 1. The topological polar surface area (TPSA) is 167 Å². The molecule has 0 spiro atoms. The van der Waals surface area contributed by atoms with Crippen LogP contribution in [0.1, 0.15) is 37.8 Å². The SMILES string of the molecule is Cc1c(C(F)(F)F)[nH]c2nc(=S)n([C@@H]3O[C@H](CC(C)OP(=O)(O)C(C)O)C(O)C3O)cc2c1=O. The van der Waals surface area contributed by atoms with Crippen molar-refractivity contribution in [2.24, 2.45) is 0 Å². The number of fused-ring (bicyclic) bond motifs is 1. The summed E-state index contributed by atoms with van der Waals surface area (Å²) >= 11 is 5.10. The quantitative estimate of drug-likeness (QED) is 0.275. The molecule has 0 bridgehead atoms. The minimum atomic E-state index is -4.82. The first-order valence-electron chi connectivity index (χ1n) is 9.98. The third kappa shape index (κ3) is 5.11. The molecule has 5 unspecified atom stereocenters. The van der Waals surface area contributed by atoms with E-state index in [0.29, 0.717) is 0 Å². The van der Waals surface area contributed by atoms with E-state index in [0.717, 1.165) is 24.6 Å². The zero-order valence-corrected chi connectivity index (χ0v) is 19.8. The molecule has 3 heterocycles. The molecular formula is C18H23F3N3O8PS. The maximum Gasteiger partial charge on any atom is 0.431 e. The molecule has 0 radical (unpaired) electrons. The fourth-order valence-corrected chi connectivity index (χ4v) is 4.62. The molecule has 2 aromatic rings. The van der Waals surface area contributed by atoms with Gasteiger partial charge in [0.15, 0.2) is 17.5 Å². The molecule has 16 heteroatoms. The van der Waals surface area contributed by atoms with Crippen molar-refractivity contribution in [3.8, 4) is 0 Å². The number of aliphatic hydroxyl groups excluding tert-OH is 3. The Bertz CT molecular complexity index is 1250. The predicted octanol–water partition coefficient (Wildman–Crippen LogP) is 1.72. The Morgan fingerprint density at radius 2 is 1.97 bits per heavy atom. The molecule has 34 heavy (non-hydrogen) atoms. The van der Waals surface area contributed by atoms with Gasteiger partial charge in [0.1, 0.15) is 23.5 Å². The van der Waals surface area contributed by atoms with Crippen LogP contribution in [0, 0.1) is 11.7 Å². The van der Waals surface area contributed by atoms with Gasteiger partial charge < -0.3 is 34.5 Å². The van der Waals surface area contributed by atoms with Crippen LogP contribution in [-0.4, -0.2) is 65.0 Å². The fraction of sp³-hybridized carbons (Fsp3) is 0.611. The Hall–Kier alpha value is -1.71. The highest BCUT2D eigenvalue weighted by atomic mass is 32.1. The lowest BCUT2D eigenvalue weighted by Crippen LogP contribution is -2.33. The summed E-state index contributed by atoms with van der Waals surface area (Å²) in [7, 11) is -4.34. The minimum absolute atomic E-state index is 0.172. The van der Waals surface area contributed by atoms with E-state index in [9.17, 15) is 42.7 Å². The van der Waals surface area contributed by atoms with Crippen LogP contribution in [0.5, 0.6) is 0 Å². The fourth-order valence-electron chi connectivity index (χ4n) is 3.59. The zero-order chi connectivity index (χ0) is 25.7. The number of aliphatic hydroxyl groups is 3. The molecule has 0 aliphatic carbocycles. The summed E-state index contributed by atoms with van der Waals surface area (Å²) in [6.45, 7) is 3.47. The predicted molar refractivity (Wildman–Crippen MR) is 114 cm³/mol. The van der Waals surface area contributed by atoms with Gasteiger partial charge in [-0.25, -0.2) is 4.98 Å². The average molecular weight is 529 g/mol. The lowest BCUT2D eigenvalue weighted by molar-refractivity contribution is -0.141. The van der Waals surface area contributed by atoms with Crippen molar-refractivity contribution in [1.82, 2.24) is 14.5 Å². The summed E-state index contributed by atoms with van der Waals surface area (Å²) in [6.07, 6.45) is -10.5. The van der Waals surface area contributed by atoms with Crippen LogP contribution in [0.15, 0.2) is 11.0 Å². The Labute approximate surface area is 195 Å². The van der Waals surface area contributed by atoms with Crippen molar-refractivity contribution in [2.75, 3.05) is 0 Å². The molecule has 3 rings (SSSR count). The summed E-state index contributed by atoms with van der Waals surface area (Å²) < 4.78 is 62.7. The average Bonchev–Trinajstić information content (AvgIpc) is 2.97. The summed E-state index contributed by atoms with van der Waals surface area (Å²) in [5, 5.41) is 30.0.